The van der Waals surface area contributed by atoms with Crippen molar-refractivity contribution in [3.8, 4) is 17.9 Å². The third kappa shape index (κ3) is 4.56. The molecule has 17 heavy (non-hydrogen) atoms. The number of aliphatic hydroxyl groups excluding tert-OH is 1. The summed E-state index contributed by atoms with van der Waals surface area (Å²) in [5.74, 6) is 4.51. The zero-order valence-corrected chi connectivity index (χ0v) is 9.66. The Balaban J connectivity index is 2.91. The molecule has 0 saturated carbocycles. The van der Waals surface area contributed by atoms with Crippen molar-refractivity contribution in [2.45, 2.75) is 0 Å². The lowest BCUT2D eigenvalue weighted by molar-refractivity contribution is 0.350. The first-order valence-corrected chi connectivity index (χ1v) is 6.30. The zero-order valence-electron chi connectivity index (χ0n) is 8.84. The SMILES string of the molecule is N#CCS(=O)(=O)Nc1cccc(C#CCO)c1. The van der Waals surface area contributed by atoms with Gasteiger partial charge in [0.2, 0.25) is 10.0 Å². The molecule has 0 aromatic heterocycles. The number of sulfonamides is 1. The molecule has 0 aliphatic heterocycles. The number of rotatable bonds is 3. The third-order valence-electron chi connectivity index (χ3n) is 1.70. The van der Waals surface area contributed by atoms with Crippen molar-refractivity contribution >= 4 is 15.7 Å². The van der Waals surface area contributed by atoms with Gasteiger partial charge in [-0.05, 0) is 18.2 Å². The highest BCUT2D eigenvalue weighted by molar-refractivity contribution is 7.92. The first-order chi connectivity index (χ1) is 8.07. The molecule has 0 heterocycles. The molecule has 0 saturated heterocycles. The Bertz CT molecular complexity index is 591. The van der Waals surface area contributed by atoms with E-state index in [1.165, 1.54) is 6.07 Å². The van der Waals surface area contributed by atoms with Gasteiger partial charge in [-0.2, -0.15) is 5.26 Å². The van der Waals surface area contributed by atoms with Gasteiger partial charge in [-0.3, -0.25) is 4.72 Å². The Morgan fingerprint density at radius 1 is 1.41 bits per heavy atom. The van der Waals surface area contributed by atoms with Crippen LogP contribution in [-0.4, -0.2) is 25.9 Å². The van der Waals surface area contributed by atoms with E-state index in [-0.39, 0.29) is 6.61 Å². The summed E-state index contributed by atoms with van der Waals surface area (Å²) in [7, 11) is -3.63. The van der Waals surface area contributed by atoms with Crippen LogP contribution >= 0.6 is 0 Å². The molecule has 1 aromatic rings. The lowest BCUT2D eigenvalue weighted by Gasteiger charge is -2.04. The second-order valence-electron chi connectivity index (χ2n) is 3.06. The van der Waals surface area contributed by atoms with E-state index in [9.17, 15) is 8.42 Å². The van der Waals surface area contributed by atoms with Gasteiger partial charge in [0.15, 0.2) is 5.75 Å². The van der Waals surface area contributed by atoms with Crippen LogP contribution in [0.5, 0.6) is 0 Å². The number of anilines is 1. The second-order valence-corrected chi connectivity index (χ2v) is 4.78. The van der Waals surface area contributed by atoms with E-state index < -0.39 is 15.8 Å². The highest BCUT2D eigenvalue weighted by Gasteiger charge is 2.08. The predicted octanol–water partition coefficient (Wildman–Crippen LogP) is 0.296. The number of aliphatic hydroxyl groups is 1. The molecule has 6 heteroatoms. The van der Waals surface area contributed by atoms with Crippen LogP contribution in [0.25, 0.3) is 0 Å². The van der Waals surface area contributed by atoms with Crippen molar-refractivity contribution in [1.29, 1.82) is 5.26 Å². The molecule has 0 atom stereocenters. The van der Waals surface area contributed by atoms with Crippen LogP contribution in [0, 0.1) is 23.2 Å². The van der Waals surface area contributed by atoms with Gasteiger partial charge >= 0.3 is 0 Å². The van der Waals surface area contributed by atoms with Crippen molar-refractivity contribution in [2.75, 3.05) is 17.1 Å². The molecule has 0 fully saturated rings. The number of nitriles is 1. The highest BCUT2D eigenvalue weighted by Crippen LogP contribution is 2.11. The van der Waals surface area contributed by atoms with E-state index in [2.05, 4.69) is 16.6 Å². The van der Waals surface area contributed by atoms with E-state index in [0.29, 0.717) is 11.3 Å². The lowest BCUT2D eigenvalue weighted by atomic mass is 10.2. The summed E-state index contributed by atoms with van der Waals surface area (Å²) < 4.78 is 24.9. The summed E-state index contributed by atoms with van der Waals surface area (Å²) in [5.41, 5.74) is 0.918. The summed E-state index contributed by atoms with van der Waals surface area (Å²) in [5, 5.41) is 16.9. The minimum absolute atomic E-state index is 0.260. The molecule has 0 bridgehead atoms. The molecular formula is C11H10N2O3S. The fourth-order valence-electron chi connectivity index (χ4n) is 1.10. The summed E-state index contributed by atoms with van der Waals surface area (Å²) in [4.78, 5) is 0. The molecule has 0 amide bonds. The number of hydrogen-bond donors (Lipinski definition) is 2. The molecule has 2 N–H and O–H groups in total. The van der Waals surface area contributed by atoms with Gasteiger partial charge in [-0.25, -0.2) is 8.42 Å². The lowest BCUT2D eigenvalue weighted by Crippen LogP contribution is -2.15. The van der Waals surface area contributed by atoms with Crippen LogP contribution < -0.4 is 4.72 Å². The maximum absolute atomic E-state index is 11.3. The number of nitrogens with one attached hydrogen (secondary N) is 1. The predicted molar refractivity (Wildman–Crippen MR) is 63.4 cm³/mol. The average Bonchev–Trinajstić information content (AvgIpc) is 2.26. The van der Waals surface area contributed by atoms with Crippen molar-refractivity contribution in [1.82, 2.24) is 0 Å². The van der Waals surface area contributed by atoms with Crippen LogP contribution in [0.4, 0.5) is 5.69 Å². The Kier molecular flexibility index (Phi) is 4.53. The van der Waals surface area contributed by atoms with Gasteiger partial charge in [0.25, 0.3) is 0 Å². The molecule has 0 unspecified atom stereocenters. The molecule has 0 radical (unpaired) electrons. The largest absolute Gasteiger partial charge is 0.384 e. The normalized spacial score (nSPS) is 9.88. The maximum Gasteiger partial charge on any atom is 0.246 e. The second kappa shape index (κ2) is 5.90. The van der Waals surface area contributed by atoms with Crippen LogP contribution in [0.15, 0.2) is 24.3 Å². The maximum atomic E-state index is 11.3. The van der Waals surface area contributed by atoms with E-state index in [4.69, 9.17) is 10.4 Å². The first kappa shape index (κ1) is 13.0. The van der Waals surface area contributed by atoms with Gasteiger partial charge in [-0.1, -0.05) is 17.9 Å². The van der Waals surface area contributed by atoms with Gasteiger partial charge in [0.05, 0.1) is 6.07 Å². The van der Waals surface area contributed by atoms with E-state index in [1.807, 2.05) is 0 Å². The molecule has 1 rings (SSSR count). The Morgan fingerprint density at radius 2 is 2.18 bits per heavy atom. The first-order valence-electron chi connectivity index (χ1n) is 4.64. The number of nitrogens with zero attached hydrogens (tertiary/aromatic N) is 1. The minimum atomic E-state index is -3.63. The van der Waals surface area contributed by atoms with Crippen LogP contribution in [0.2, 0.25) is 0 Å². The molecule has 0 aliphatic carbocycles. The van der Waals surface area contributed by atoms with Crippen LogP contribution in [0.3, 0.4) is 0 Å². The van der Waals surface area contributed by atoms with Gasteiger partial charge < -0.3 is 5.11 Å². The van der Waals surface area contributed by atoms with Crippen molar-refractivity contribution in [2.24, 2.45) is 0 Å². The summed E-state index contributed by atoms with van der Waals surface area (Å²) >= 11 is 0. The van der Waals surface area contributed by atoms with E-state index in [1.54, 1.807) is 24.3 Å². The van der Waals surface area contributed by atoms with Gasteiger partial charge in [-0.15, -0.1) is 0 Å². The zero-order chi connectivity index (χ0) is 12.7. The summed E-state index contributed by atoms with van der Waals surface area (Å²) in [6.45, 7) is -0.260. The number of hydrogen-bond acceptors (Lipinski definition) is 4. The number of benzene rings is 1. The van der Waals surface area contributed by atoms with E-state index in [0.717, 1.165) is 0 Å². The van der Waals surface area contributed by atoms with Crippen molar-refractivity contribution < 1.29 is 13.5 Å². The molecule has 88 valence electrons. The van der Waals surface area contributed by atoms with Crippen LogP contribution in [-0.2, 0) is 10.0 Å². The average molecular weight is 250 g/mol. The Labute approximate surface area is 99.8 Å². The summed E-state index contributed by atoms with van der Waals surface area (Å²) in [6.07, 6.45) is 0. The summed E-state index contributed by atoms with van der Waals surface area (Å²) in [6, 6.07) is 7.96. The van der Waals surface area contributed by atoms with Gasteiger partial charge in [0.1, 0.15) is 6.61 Å². The quantitative estimate of drug-likeness (QED) is 0.755. The molecule has 5 nitrogen and oxygen atoms in total. The standard InChI is InChI=1S/C11H10N2O3S/c12-6-8-17(15,16)13-11-5-1-3-10(9-11)4-2-7-14/h1,3,5,9,13-14H,7-8H2. The fraction of sp³-hybridized carbons (Fsp3) is 0.182. The fourth-order valence-corrected chi connectivity index (χ4v) is 1.83. The van der Waals surface area contributed by atoms with Gasteiger partial charge in [0, 0.05) is 11.3 Å². The Morgan fingerprint density at radius 3 is 2.82 bits per heavy atom. The minimum Gasteiger partial charge on any atom is -0.384 e. The Hall–Kier alpha value is -2.02. The smallest absolute Gasteiger partial charge is 0.246 e. The molecule has 0 aliphatic rings. The van der Waals surface area contributed by atoms with Crippen LogP contribution in [0.1, 0.15) is 5.56 Å². The monoisotopic (exact) mass is 250 g/mol. The third-order valence-corrected chi connectivity index (χ3v) is 2.76. The van der Waals surface area contributed by atoms with Crippen molar-refractivity contribution in [3.63, 3.8) is 0 Å². The highest BCUT2D eigenvalue weighted by atomic mass is 32.2. The van der Waals surface area contributed by atoms with E-state index >= 15 is 0 Å². The topological polar surface area (TPSA) is 90.2 Å². The molecular weight excluding hydrogens is 240 g/mol. The molecule has 1 aromatic carbocycles. The molecule has 0 spiro atoms. The van der Waals surface area contributed by atoms with Crippen molar-refractivity contribution in [3.05, 3.63) is 29.8 Å².